The van der Waals surface area contributed by atoms with Crippen LogP contribution in [0.4, 0.5) is 11.4 Å². The summed E-state index contributed by atoms with van der Waals surface area (Å²) in [5.74, 6) is 0.244. The number of sulfone groups is 1. The fraction of sp³-hybridized carbons (Fsp3) is 0.300. The second kappa shape index (κ2) is 8.87. The van der Waals surface area contributed by atoms with Crippen LogP contribution in [0.2, 0.25) is 0 Å². The predicted octanol–water partition coefficient (Wildman–Crippen LogP) is 3.32. The van der Waals surface area contributed by atoms with Crippen LogP contribution >= 0.6 is 11.8 Å². The lowest BCUT2D eigenvalue weighted by molar-refractivity contribution is -0.116. The van der Waals surface area contributed by atoms with Crippen molar-refractivity contribution in [3.8, 4) is 5.75 Å². The largest absolute Gasteiger partial charge is 0.492 e. The first kappa shape index (κ1) is 21.2. The Balaban J connectivity index is 1.73. The Morgan fingerprint density at radius 3 is 2.79 bits per heavy atom. The predicted molar refractivity (Wildman–Crippen MR) is 113 cm³/mol. The number of hydrogen-bond acceptors (Lipinski definition) is 6. The van der Waals surface area contributed by atoms with Crippen molar-refractivity contribution in [2.45, 2.75) is 35.3 Å². The monoisotopic (exact) mass is 434 g/mol. The van der Waals surface area contributed by atoms with E-state index in [9.17, 15) is 18.0 Å². The van der Waals surface area contributed by atoms with Gasteiger partial charge in [-0.1, -0.05) is 12.1 Å². The zero-order valence-electron chi connectivity index (χ0n) is 16.1. The van der Waals surface area contributed by atoms with Gasteiger partial charge in [-0.25, -0.2) is 8.42 Å². The van der Waals surface area contributed by atoms with Crippen LogP contribution in [0.3, 0.4) is 0 Å². The fourth-order valence-corrected chi connectivity index (χ4v) is 5.06. The molecule has 154 valence electrons. The van der Waals surface area contributed by atoms with E-state index in [1.54, 1.807) is 30.3 Å². The SMILES string of the molecule is CCOc1ccccc1NC(=O)C[C@H](C)S(=O)(=O)c1ccc2c(c1)NC(=O)CS2. The Morgan fingerprint density at radius 1 is 1.28 bits per heavy atom. The third-order valence-electron chi connectivity index (χ3n) is 4.38. The van der Waals surface area contributed by atoms with E-state index in [1.807, 2.05) is 6.92 Å². The van der Waals surface area contributed by atoms with Gasteiger partial charge in [0.05, 0.1) is 33.9 Å². The molecule has 2 amide bonds. The molecule has 1 atom stereocenters. The third kappa shape index (κ3) is 4.91. The molecule has 0 saturated heterocycles. The molecule has 3 rings (SSSR count). The molecule has 0 aromatic heterocycles. The van der Waals surface area contributed by atoms with E-state index in [4.69, 9.17) is 4.74 Å². The summed E-state index contributed by atoms with van der Waals surface area (Å²) in [6.07, 6.45) is -0.207. The lowest BCUT2D eigenvalue weighted by Gasteiger charge is -2.19. The summed E-state index contributed by atoms with van der Waals surface area (Å²) < 4.78 is 31.3. The molecule has 0 bridgehead atoms. The number of carbonyl (C=O) groups is 2. The summed E-state index contributed by atoms with van der Waals surface area (Å²) in [5, 5.41) is 4.46. The van der Waals surface area contributed by atoms with Crippen molar-refractivity contribution in [3.05, 3.63) is 42.5 Å². The molecule has 7 nitrogen and oxygen atoms in total. The van der Waals surface area contributed by atoms with E-state index >= 15 is 0 Å². The molecule has 0 saturated carbocycles. The van der Waals surface area contributed by atoms with Gasteiger partial charge in [-0.15, -0.1) is 11.8 Å². The van der Waals surface area contributed by atoms with Crippen molar-refractivity contribution in [3.63, 3.8) is 0 Å². The van der Waals surface area contributed by atoms with Gasteiger partial charge in [0.15, 0.2) is 9.84 Å². The van der Waals surface area contributed by atoms with E-state index in [0.29, 0.717) is 29.5 Å². The second-order valence-electron chi connectivity index (χ2n) is 6.53. The number of nitrogens with one attached hydrogen (secondary N) is 2. The Labute approximate surface area is 174 Å². The summed E-state index contributed by atoms with van der Waals surface area (Å²) in [6, 6.07) is 11.6. The Kier molecular flexibility index (Phi) is 6.49. The molecule has 0 fully saturated rings. The summed E-state index contributed by atoms with van der Waals surface area (Å²) in [7, 11) is -3.75. The van der Waals surface area contributed by atoms with Crippen molar-refractivity contribution in [2.24, 2.45) is 0 Å². The minimum Gasteiger partial charge on any atom is -0.492 e. The van der Waals surface area contributed by atoms with Gasteiger partial charge < -0.3 is 15.4 Å². The van der Waals surface area contributed by atoms with Gasteiger partial charge in [-0.3, -0.25) is 9.59 Å². The molecule has 1 heterocycles. The maximum atomic E-state index is 12.9. The molecule has 0 spiro atoms. The Morgan fingerprint density at radius 2 is 2.03 bits per heavy atom. The van der Waals surface area contributed by atoms with E-state index < -0.39 is 21.0 Å². The van der Waals surface area contributed by atoms with Crippen LogP contribution in [0, 0.1) is 0 Å². The topological polar surface area (TPSA) is 102 Å². The van der Waals surface area contributed by atoms with Crippen LogP contribution in [0.1, 0.15) is 20.3 Å². The average molecular weight is 435 g/mol. The van der Waals surface area contributed by atoms with Crippen LogP contribution in [0.25, 0.3) is 0 Å². The normalized spacial score (nSPS) is 14.5. The average Bonchev–Trinajstić information content (AvgIpc) is 2.69. The first-order valence-corrected chi connectivity index (χ1v) is 11.7. The fourth-order valence-electron chi connectivity index (χ4n) is 2.89. The molecule has 0 radical (unpaired) electrons. The Hall–Kier alpha value is -2.52. The van der Waals surface area contributed by atoms with Gasteiger partial charge in [0, 0.05) is 11.3 Å². The molecule has 9 heteroatoms. The molecule has 2 N–H and O–H groups in total. The zero-order chi connectivity index (χ0) is 21.0. The van der Waals surface area contributed by atoms with Crippen molar-refractivity contribution in [1.82, 2.24) is 0 Å². The van der Waals surface area contributed by atoms with Gasteiger partial charge >= 0.3 is 0 Å². The van der Waals surface area contributed by atoms with Gasteiger partial charge in [0.2, 0.25) is 11.8 Å². The number of fused-ring (bicyclic) bond motifs is 1. The first-order chi connectivity index (χ1) is 13.8. The van der Waals surface area contributed by atoms with Crippen LogP contribution in [0.5, 0.6) is 5.75 Å². The number of hydrogen-bond donors (Lipinski definition) is 2. The Bertz CT molecular complexity index is 1040. The summed E-state index contributed by atoms with van der Waals surface area (Å²) >= 11 is 1.36. The van der Waals surface area contributed by atoms with E-state index in [-0.39, 0.29) is 17.2 Å². The molecule has 2 aromatic carbocycles. The van der Waals surface area contributed by atoms with Crippen LogP contribution in [0.15, 0.2) is 52.3 Å². The molecule has 29 heavy (non-hydrogen) atoms. The molecule has 1 aliphatic rings. The molecule has 2 aromatic rings. The number of benzene rings is 2. The number of carbonyl (C=O) groups excluding carboxylic acids is 2. The summed E-state index contributed by atoms with van der Waals surface area (Å²) in [5.41, 5.74) is 0.979. The van der Waals surface area contributed by atoms with E-state index in [0.717, 1.165) is 4.90 Å². The standard InChI is InChI=1S/C20H22N2O5S2/c1-3-27-17-7-5-4-6-15(17)21-19(23)10-13(2)29(25,26)14-8-9-18-16(11-14)22-20(24)12-28-18/h4-9,11,13H,3,10,12H2,1-2H3,(H,21,23)(H,22,24)/t13-/m0/s1. The molecular weight excluding hydrogens is 412 g/mol. The highest BCUT2D eigenvalue weighted by atomic mass is 32.2. The highest BCUT2D eigenvalue weighted by Crippen LogP contribution is 2.34. The molecule has 1 aliphatic heterocycles. The second-order valence-corrected chi connectivity index (χ2v) is 9.92. The minimum absolute atomic E-state index is 0.0778. The maximum Gasteiger partial charge on any atom is 0.234 e. The lowest BCUT2D eigenvalue weighted by atomic mass is 10.2. The van der Waals surface area contributed by atoms with Crippen LogP contribution < -0.4 is 15.4 Å². The van der Waals surface area contributed by atoms with Crippen molar-refractivity contribution < 1.29 is 22.7 Å². The smallest absolute Gasteiger partial charge is 0.234 e. The van der Waals surface area contributed by atoms with Crippen molar-refractivity contribution in [2.75, 3.05) is 23.0 Å². The number of rotatable bonds is 7. The number of anilines is 2. The third-order valence-corrected chi connectivity index (χ3v) is 7.59. The van der Waals surface area contributed by atoms with E-state index in [2.05, 4.69) is 10.6 Å². The quantitative estimate of drug-likeness (QED) is 0.693. The highest BCUT2D eigenvalue weighted by Gasteiger charge is 2.28. The van der Waals surface area contributed by atoms with Gasteiger partial charge in [0.1, 0.15) is 5.75 Å². The summed E-state index contributed by atoms with van der Waals surface area (Å²) in [6.45, 7) is 3.79. The number of ether oxygens (including phenoxy) is 1. The lowest BCUT2D eigenvalue weighted by Crippen LogP contribution is -2.25. The van der Waals surface area contributed by atoms with Gasteiger partial charge in [-0.2, -0.15) is 0 Å². The number of amides is 2. The van der Waals surface area contributed by atoms with Crippen molar-refractivity contribution >= 4 is 44.8 Å². The molecular formula is C20H22N2O5S2. The van der Waals surface area contributed by atoms with Crippen LogP contribution in [-0.4, -0.2) is 37.8 Å². The van der Waals surface area contributed by atoms with Crippen LogP contribution in [-0.2, 0) is 19.4 Å². The minimum atomic E-state index is -3.75. The molecule has 0 unspecified atom stereocenters. The number of thioether (sulfide) groups is 1. The molecule has 0 aliphatic carbocycles. The van der Waals surface area contributed by atoms with Crippen molar-refractivity contribution in [1.29, 1.82) is 0 Å². The number of para-hydroxylation sites is 2. The maximum absolute atomic E-state index is 12.9. The van der Waals surface area contributed by atoms with Gasteiger partial charge in [-0.05, 0) is 44.2 Å². The highest BCUT2D eigenvalue weighted by molar-refractivity contribution is 8.00. The van der Waals surface area contributed by atoms with Gasteiger partial charge in [0.25, 0.3) is 0 Å². The van der Waals surface area contributed by atoms with E-state index in [1.165, 1.54) is 30.8 Å². The first-order valence-electron chi connectivity index (χ1n) is 9.13. The zero-order valence-corrected chi connectivity index (χ0v) is 17.7. The summed E-state index contributed by atoms with van der Waals surface area (Å²) in [4.78, 5) is 24.9.